The van der Waals surface area contributed by atoms with Crippen LogP contribution in [0.2, 0.25) is 0 Å². The van der Waals surface area contributed by atoms with E-state index in [2.05, 4.69) is 10.2 Å². The van der Waals surface area contributed by atoms with Crippen molar-refractivity contribution in [2.75, 3.05) is 11.5 Å². The minimum absolute atomic E-state index is 0.335. The summed E-state index contributed by atoms with van der Waals surface area (Å²) in [6.07, 6.45) is 2.18. The third-order valence-electron chi connectivity index (χ3n) is 5.59. The maximum atomic E-state index is 11.5. The van der Waals surface area contributed by atoms with E-state index in [1.807, 2.05) is 26.0 Å². The molecule has 0 aliphatic rings. The lowest BCUT2D eigenvalue weighted by molar-refractivity contribution is -0.154. The number of carboxylic acids is 2. The van der Waals surface area contributed by atoms with Crippen LogP contribution in [0.1, 0.15) is 60.8 Å². The molecule has 1 rings (SSSR count). The summed E-state index contributed by atoms with van der Waals surface area (Å²) >= 11 is 3.15. The van der Waals surface area contributed by atoms with Crippen molar-refractivity contribution < 1.29 is 19.8 Å². The van der Waals surface area contributed by atoms with Gasteiger partial charge in [0.1, 0.15) is 10.1 Å². The lowest BCUT2D eigenvalue weighted by Crippen LogP contribution is -2.39. The predicted molar refractivity (Wildman–Crippen MR) is 114 cm³/mol. The highest BCUT2D eigenvalue weighted by atomic mass is 32.2. The summed E-state index contributed by atoms with van der Waals surface area (Å²) in [5, 5.41) is 28.6. The molecule has 0 fully saturated rings. The number of carbonyl (C=O) groups is 2. The zero-order valence-electron chi connectivity index (χ0n) is 17.6. The fourth-order valence-electron chi connectivity index (χ4n) is 2.27. The molecule has 158 valence electrons. The first-order chi connectivity index (χ1) is 12.8. The van der Waals surface area contributed by atoms with Crippen LogP contribution in [0.4, 0.5) is 0 Å². The molecule has 0 spiro atoms. The summed E-state index contributed by atoms with van der Waals surface area (Å²) in [4.78, 5) is 22.6. The van der Waals surface area contributed by atoms with E-state index in [0.717, 1.165) is 34.4 Å². The van der Waals surface area contributed by atoms with E-state index in [1.54, 1.807) is 51.2 Å². The average molecular weight is 429 g/mol. The number of aromatic nitrogens is 2. The standard InChI is InChI=1S/C20H32N2O4S2/c1-18(2,16(23)24)10-7-12-27-14-8-9-15(22-21-14)28-13-11-19(3,4)20(5,6)17(25)26/h8-9H,7,10-13H2,1-6H3,(H,23,24)(H,25,26). The zero-order valence-corrected chi connectivity index (χ0v) is 19.2. The number of nitrogens with zero attached hydrogens (tertiary/aromatic N) is 2. The van der Waals surface area contributed by atoms with Gasteiger partial charge in [0.15, 0.2) is 0 Å². The van der Waals surface area contributed by atoms with Gasteiger partial charge in [0, 0.05) is 5.75 Å². The molecule has 6 nitrogen and oxygen atoms in total. The Hall–Kier alpha value is -1.28. The van der Waals surface area contributed by atoms with Crippen molar-refractivity contribution in [2.24, 2.45) is 16.2 Å². The van der Waals surface area contributed by atoms with Gasteiger partial charge >= 0.3 is 11.9 Å². The summed E-state index contributed by atoms with van der Waals surface area (Å²) in [6, 6.07) is 3.85. The van der Waals surface area contributed by atoms with E-state index in [0.29, 0.717) is 6.42 Å². The Balaban J connectivity index is 2.43. The lowest BCUT2D eigenvalue weighted by Gasteiger charge is -2.38. The van der Waals surface area contributed by atoms with Crippen molar-refractivity contribution in [3.05, 3.63) is 12.1 Å². The number of carboxylic acid groups (broad SMARTS) is 2. The Kier molecular flexibility index (Phi) is 8.81. The van der Waals surface area contributed by atoms with Gasteiger partial charge in [-0.25, -0.2) is 0 Å². The first-order valence-electron chi connectivity index (χ1n) is 9.36. The number of hydrogen-bond acceptors (Lipinski definition) is 6. The van der Waals surface area contributed by atoms with Gasteiger partial charge in [0.2, 0.25) is 0 Å². The molecule has 0 bridgehead atoms. The summed E-state index contributed by atoms with van der Waals surface area (Å²) in [5.41, 5.74) is -1.83. The van der Waals surface area contributed by atoms with Crippen LogP contribution < -0.4 is 0 Å². The van der Waals surface area contributed by atoms with E-state index < -0.39 is 22.8 Å². The molecule has 0 unspecified atom stereocenters. The molecule has 0 aliphatic carbocycles. The molecule has 8 heteroatoms. The first kappa shape index (κ1) is 24.8. The summed E-state index contributed by atoms with van der Waals surface area (Å²) < 4.78 is 0. The Morgan fingerprint density at radius 1 is 0.857 bits per heavy atom. The van der Waals surface area contributed by atoms with Crippen LogP contribution in [0.5, 0.6) is 0 Å². The Morgan fingerprint density at radius 3 is 1.79 bits per heavy atom. The summed E-state index contributed by atoms with van der Waals surface area (Å²) in [6.45, 7) is 11.0. The third-order valence-corrected chi connectivity index (χ3v) is 7.52. The molecule has 0 aromatic carbocycles. The molecular formula is C20H32N2O4S2. The van der Waals surface area contributed by atoms with E-state index >= 15 is 0 Å². The molecule has 0 radical (unpaired) electrons. The maximum Gasteiger partial charge on any atom is 0.309 e. The van der Waals surface area contributed by atoms with Gasteiger partial charge in [-0.3, -0.25) is 9.59 Å². The molecule has 2 N–H and O–H groups in total. The molecule has 1 aromatic rings. The van der Waals surface area contributed by atoms with Crippen LogP contribution in [0.15, 0.2) is 22.2 Å². The Bertz CT molecular complexity index is 673. The quantitative estimate of drug-likeness (QED) is 0.351. The molecule has 1 aromatic heterocycles. The third kappa shape index (κ3) is 6.95. The van der Waals surface area contributed by atoms with Crippen molar-refractivity contribution in [1.82, 2.24) is 10.2 Å². The highest BCUT2D eigenvalue weighted by Crippen LogP contribution is 2.42. The van der Waals surface area contributed by atoms with Crippen LogP contribution in [0.3, 0.4) is 0 Å². The second-order valence-corrected chi connectivity index (χ2v) is 11.0. The van der Waals surface area contributed by atoms with Crippen molar-refractivity contribution >= 4 is 35.5 Å². The number of aliphatic carboxylic acids is 2. The van der Waals surface area contributed by atoms with Crippen molar-refractivity contribution in [3.63, 3.8) is 0 Å². The van der Waals surface area contributed by atoms with Gasteiger partial charge in [-0.1, -0.05) is 13.8 Å². The number of rotatable bonds is 12. The number of thioether (sulfide) groups is 2. The second-order valence-electron chi connectivity index (χ2n) is 8.76. The van der Waals surface area contributed by atoms with E-state index in [4.69, 9.17) is 5.11 Å². The molecule has 0 aliphatic heterocycles. The minimum Gasteiger partial charge on any atom is -0.481 e. The smallest absolute Gasteiger partial charge is 0.309 e. The fraction of sp³-hybridized carbons (Fsp3) is 0.700. The second kappa shape index (κ2) is 9.96. The van der Waals surface area contributed by atoms with Gasteiger partial charge < -0.3 is 10.2 Å². The van der Waals surface area contributed by atoms with Gasteiger partial charge in [-0.05, 0) is 70.3 Å². The Morgan fingerprint density at radius 2 is 1.36 bits per heavy atom. The molecular weight excluding hydrogens is 396 g/mol. The molecule has 0 amide bonds. The minimum atomic E-state index is -0.797. The fourth-order valence-corrected chi connectivity index (χ4v) is 4.12. The normalized spacial score (nSPS) is 12.8. The largest absolute Gasteiger partial charge is 0.481 e. The number of hydrogen-bond donors (Lipinski definition) is 2. The van der Waals surface area contributed by atoms with Crippen molar-refractivity contribution in [2.45, 2.75) is 70.9 Å². The molecule has 0 atom stereocenters. The summed E-state index contributed by atoms with van der Waals surface area (Å²) in [7, 11) is 0. The highest BCUT2D eigenvalue weighted by molar-refractivity contribution is 7.99. The van der Waals surface area contributed by atoms with Crippen LogP contribution >= 0.6 is 23.5 Å². The zero-order chi connectivity index (χ0) is 21.6. The van der Waals surface area contributed by atoms with Crippen molar-refractivity contribution in [3.8, 4) is 0 Å². The molecule has 0 saturated carbocycles. The highest BCUT2D eigenvalue weighted by Gasteiger charge is 2.42. The predicted octanol–water partition coefficient (Wildman–Crippen LogP) is 5.08. The van der Waals surface area contributed by atoms with Crippen LogP contribution in [-0.2, 0) is 9.59 Å². The average Bonchev–Trinajstić information content (AvgIpc) is 2.59. The Labute approximate surface area is 176 Å². The van der Waals surface area contributed by atoms with Crippen LogP contribution in [-0.4, -0.2) is 43.9 Å². The van der Waals surface area contributed by atoms with Crippen LogP contribution in [0, 0.1) is 16.2 Å². The lowest BCUT2D eigenvalue weighted by atomic mass is 9.66. The van der Waals surface area contributed by atoms with E-state index in [1.165, 1.54) is 0 Å². The van der Waals surface area contributed by atoms with Gasteiger partial charge in [-0.15, -0.1) is 33.7 Å². The molecule has 1 heterocycles. The van der Waals surface area contributed by atoms with Gasteiger partial charge in [-0.2, -0.15) is 0 Å². The first-order valence-corrected chi connectivity index (χ1v) is 11.3. The SMILES string of the molecule is CC(C)(CCCSc1ccc(SCCC(C)(C)C(C)(C)C(=O)O)nn1)C(=O)O. The van der Waals surface area contributed by atoms with Crippen molar-refractivity contribution in [1.29, 1.82) is 0 Å². The maximum absolute atomic E-state index is 11.5. The molecule has 0 saturated heterocycles. The topological polar surface area (TPSA) is 100 Å². The molecule has 28 heavy (non-hydrogen) atoms. The van der Waals surface area contributed by atoms with Gasteiger partial charge in [0.25, 0.3) is 0 Å². The van der Waals surface area contributed by atoms with Crippen LogP contribution in [0.25, 0.3) is 0 Å². The van der Waals surface area contributed by atoms with Gasteiger partial charge in [0.05, 0.1) is 10.8 Å². The monoisotopic (exact) mass is 428 g/mol. The van der Waals surface area contributed by atoms with E-state index in [-0.39, 0.29) is 5.41 Å². The van der Waals surface area contributed by atoms with E-state index in [9.17, 15) is 14.7 Å². The summed E-state index contributed by atoms with van der Waals surface area (Å²) in [5.74, 6) is 0.0230.